The van der Waals surface area contributed by atoms with Gasteiger partial charge < -0.3 is 9.52 Å². The zero-order valence-electron chi connectivity index (χ0n) is 6.75. The van der Waals surface area contributed by atoms with Gasteiger partial charge in [-0.05, 0) is 40.3 Å². The van der Waals surface area contributed by atoms with E-state index in [1.54, 1.807) is 12.1 Å². The van der Waals surface area contributed by atoms with Crippen LogP contribution in [0.2, 0.25) is 5.02 Å². The lowest BCUT2D eigenvalue weighted by Crippen LogP contribution is -1.77. The largest absolute Gasteiger partial charge is 0.507 e. The molecule has 2 rings (SSSR count). The van der Waals surface area contributed by atoms with E-state index in [2.05, 4.69) is 15.9 Å². The molecule has 0 aliphatic rings. The minimum Gasteiger partial charge on any atom is -0.507 e. The first-order valence-corrected chi connectivity index (χ1v) is 5.28. The van der Waals surface area contributed by atoms with Gasteiger partial charge in [0.05, 0.1) is 9.86 Å². The average Bonchev–Trinajstić information content (AvgIpc) is 2.07. The van der Waals surface area contributed by atoms with E-state index in [1.165, 1.54) is 6.07 Å². The molecule has 0 bridgehead atoms. The molecule has 14 heavy (non-hydrogen) atoms. The Balaban J connectivity index is 3.01. The molecule has 0 amide bonds. The van der Waals surface area contributed by atoms with Crippen LogP contribution in [0.4, 0.5) is 0 Å². The van der Waals surface area contributed by atoms with Gasteiger partial charge in [0, 0.05) is 11.1 Å². The Hall–Kier alpha value is -0.580. The summed E-state index contributed by atoms with van der Waals surface area (Å²) in [5.74, 6) is 0.0689. The van der Waals surface area contributed by atoms with Crippen molar-refractivity contribution in [3.05, 3.63) is 32.4 Å². The lowest BCUT2D eigenvalue weighted by molar-refractivity contribution is 0.471. The minimum absolute atomic E-state index is 0.0689. The first kappa shape index (κ1) is 9.96. The van der Waals surface area contributed by atoms with Crippen LogP contribution in [0.25, 0.3) is 11.0 Å². The Morgan fingerprint density at radius 1 is 1.36 bits per heavy atom. The summed E-state index contributed by atoms with van der Waals surface area (Å²) in [5, 5.41) is 10.7. The second-order valence-electron chi connectivity index (χ2n) is 2.71. The Labute approximate surface area is 98.2 Å². The minimum atomic E-state index is 0.0689. The van der Waals surface area contributed by atoms with E-state index >= 15 is 0 Å². The van der Waals surface area contributed by atoms with Crippen molar-refractivity contribution in [3.63, 3.8) is 0 Å². The molecule has 0 saturated heterocycles. The lowest BCUT2D eigenvalue weighted by atomic mass is 10.2. The SMILES string of the molecule is Oc1cc(=S)oc2c(Br)cc(Cl)cc12. The van der Waals surface area contributed by atoms with E-state index in [-0.39, 0.29) is 10.5 Å². The van der Waals surface area contributed by atoms with Crippen molar-refractivity contribution in [3.8, 4) is 5.75 Å². The highest BCUT2D eigenvalue weighted by molar-refractivity contribution is 9.10. The van der Waals surface area contributed by atoms with E-state index in [4.69, 9.17) is 28.2 Å². The number of hydrogen-bond acceptors (Lipinski definition) is 3. The summed E-state index contributed by atoms with van der Waals surface area (Å²) in [7, 11) is 0. The molecule has 1 heterocycles. The van der Waals surface area contributed by atoms with Gasteiger partial charge in [-0.3, -0.25) is 0 Å². The maximum Gasteiger partial charge on any atom is 0.194 e. The maximum absolute atomic E-state index is 9.59. The van der Waals surface area contributed by atoms with Crippen LogP contribution in [0.3, 0.4) is 0 Å². The third kappa shape index (κ3) is 1.65. The van der Waals surface area contributed by atoms with E-state index in [1.807, 2.05) is 0 Å². The molecule has 1 aromatic carbocycles. The lowest BCUT2D eigenvalue weighted by Gasteiger charge is -2.02. The topological polar surface area (TPSA) is 33.4 Å². The number of aromatic hydroxyl groups is 1. The van der Waals surface area contributed by atoms with Crippen LogP contribution in [0.1, 0.15) is 0 Å². The fraction of sp³-hybridized carbons (Fsp3) is 0. The van der Waals surface area contributed by atoms with Gasteiger partial charge in [0.15, 0.2) is 10.3 Å². The molecule has 2 nitrogen and oxygen atoms in total. The Morgan fingerprint density at radius 2 is 2.07 bits per heavy atom. The molecule has 0 spiro atoms. The quantitative estimate of drug-likeness (QED) is 0.735. The number of fused-ring (bicyclic) bond motifs is 1. The predicted octanol–water partition coefficient (Wildman–Crippen LogP) is 4.28. The second kappa shape index (κ2) is 3.53. The number of halogens is 2. The summed E-state index contributed by atoms with van der Waals surface area (Å²) in [5.41, 5.74) is 0.499. The average molecular weight is 292 g/mol. The first-order valence-electron chi connectivity index (χ1n) is 3.70. The van der Waals surface area contributed by atoms with E-state index in [9.17, 15) is 5.11 Å². The van der Waals surface area contributed by atoms with Crippen molar-refractivity contribution in [2.24, 2.45) is 0 Å². The maximum atomic E-state index is 9.59. The van der Waals surface area contributed by atoms with Gasteiger partial charge in [0.1, 0.15) is 5.75 Å². The van der Waals surface area contributed by atoms with Crippen molar-refractivity contribution < 1.29 is 9.52 Å². The molecule has 0 aliphatic carbocycles. The second-order valence-corrected chi connectivity index (χ2v) is 4.41. The van der Waals surface area contributed by atoms with Gasteiger partial charge in [0.25, 0.3) is 0 Å². The van der Waals surface area contributed by atoms with Crippen molar-refractivity contribution in [2.75, 3.05) is 0 Å². The number of benzene rings is 1. The zero-order valence-corrected chi connectivity index (χ0v) is 9.91. The fourth-order valence-electron chi connectivity index (χ4n) is 1.17. The first-order chi connectivity index (χ1) is 6.58. The highest BCUT2D eigenvalue weighted by atomic mass is 79.9. The molecule has 0 radical (unpaired) electrons. The van der Waals surface area contributed by atoms with Crippen LogP contribution < -0.4 is 0 Å². The summed E-state index contributed by atoms with van der Waals surface area (Å²) >= 11 is 13.9. The molecule has 1 N–H and O–H groups in total. The van der Waals surface area contributed by atoms with Crippen LogP contribution >= 0.6 is 39.7 Å². The number of rotatable bonds is 0. The van der Waals surface area contributed by atoms with Gasteiger partial charge in [-0.15, -0.1) is 0 Å². The third-order valence-electron chi connectivity index (χ3n) is 1.74. The highest BCUT2D eigenvalue weighted by Gasteiger charge is 2.07. The smallest absolute Gasteiger partial charge is 0.194 e. The molecule has 2 aromatic rings. The predicted molar refractivity (Wildman–Crippen MR) is 61.4 cm³/mol. The van der Waals surface area contributed by atoms with E-state index in [0.29, 0.717) is 20.5 Å². The van der Waals surface area contributed by atoms with Crippen LogP contribution in [-0.2, 0) is 0 Å². The molecule has 0 aliphatic heterocycles. The summed E-state index contributed by atoms with van der Waals surface area (Å²) in [6, 6.07) is 4.68. The summed E-state index contributed by atoms with van der Waals surface area (Å²) in [6.07, 6.45) is 0. The van der Waals surface area contributed by atoms with Crippen molar-refractivity contribution in [1.29, 1.82) is 0 Å². The fourth-order valence-corrected chi connectivity index (χ4v) is 2.26. The third-order valence-corrected chi connectivity index (χ3v) is 2.75. The Bertz CT molecular complexity index is 564. The van der Waals surface area contributed by atoms with Gasteiger partial charge in [0.2, 0.25) is 0 Å². The van der Waals surface area contributed by atoms with Gasteiger partial charge >= 0.3 is 0 Å². The molecule has 1 aromatic heterocycles. The molecule has 72 valence electrons. The van der Waals surface area contributed by atoms with Crippen molar-refractivity contribution >= 4 is 50.7 Å². The number of hydrogen-bond donors (Lipinski definition) is 1. The molecule has 0 saturated carbocycles. The summed E-state index contributed by atoms with van der Waals surface area (Å²) in [4.78, 5) is 0. The van der Waals surface area contributed by atoms with E-state index in [0.717, 1.165) is 0 Å². The molecular weight excluding hydrogens is 288 g/mol. The van der Waals surface area contributed by atoms with Crippen LogP contribution in [-0.4, -0.2) is 5.11 Å². The molecule has 5 heteroatoms. The molecule has 0 fully saturated rings. The Morgan fingerprint density at radius 3 is 2.79 bits per heavy atom. The molecule has 0 unspecified atom stereocenters. The van der Waals surface area contributed by atoms with Crippen molar-refractivity contribution in [1.82, 2.24) is 0 Å². The monoisotopic (exact) mass is 290 g/mol. The molecular formula is C9H4BrClO2S. The summed E-state index contributed by atoms with van der Waals surface area (Å²) < 4.78 is 6.18. The van der Waals surface area contributed by atoms with Gasteiger partial charge in [-0.1, -0.05) is 11.6 Å². The standard InChI is InChI=1S/C9H4BrClO2S/c10-6-2-4(11)1-5-7(12)3-8(14)13-9(5)6/h1-3,12H. The summed E-state index contributed by atoms with van der Waals surface area (Å²) in [6.45, 7) is 0. The van der Waals surface area contributed by atoms with Gasteiger partial charge in [-0.2, -0.15) is 0 Å². The Kier molecular flexibility index (Phi) is 2.51. The highest BCUT2D eigenvalue weighted by Crippen LogP contribution is 2.33. The zero-order chi connectivity index (χ0) is 10.3. The van der Waals surface area contributed by atoms with Crippen LogP contribution in [0.5, 0.6) is 5.75 Å². The normalized spacial score (nSPS) is 10.7. The van der Waals surface area contributed by atoms with Crippen molar-refractivity contribution in [2.45, 2.75) is 0 Å². The van der Waals surface area contributed by atoms with Crippen LogP contribution in [0, 0.1) is 4.71 Å². The molecule has 0 atom stereocenters. The van der Waals surface area contributed by atoms with E-state index < -0.39 is 0 Å². The van der Waals surface area contributed by atoms with Crippen LogP contribution in [0.15, 0.2) is 27.1 Å². The van der Waals surface area contributed by atoms with Gasteiger partial charge in [-0.25, -0.2) is 0 Å².